The number of carbonyl (C=O) groups is 1. The third kappa shape index (κ3) is 7.31. The van der Waals surface area contributed by atoms with Crippen LogP contribution in [0.2, 0.25) is 0 Å². The Bertz CT molecular complexity index is 1810. The van der Waals surface area contributed by atoms with Crippen LogP contribution in [0.15, 0.2) is 72.8 Å². The van der Waals surface area contributed by atoms with Crippen LogP contribution in [0.4, 0.5) is 22.0 Å². The number of hydrogen-bond acceptors (Lipinski definition) is 6. The number of rotatable bonds is 10. The number of amides is 1. The molecule has 5 atom stereocenters. The Morgan fingerprint density at radius 2 is 1.48 bits per heavy atom. The molecule has 0 bridgehead atoms. The molecular formula is C38H37F5N2O5. The number of aliphatic hydroxyl groups is 2. The van der Waals surface area contributed by atoms with Crippen LogP contribution in [0.5, 0.6) is 0 Å². The lowest BCUT2D eigenvalue weighted by molar-refractivity contribution is -0.276. The zero-order valence-corrected chi connectivity index (χ0v) is 27.2. The molecule has 3 N–H and O–H groups in total. The average Bonchev–Trinajstić information content (AvgIpc) is 3.60. The molecule has 0 aromatic heterocycles. The standard InChI is InChI=1S/C38H37F5N2O5/c1-21-29(18-45-14-4-9-28(45)20-47)49-38(50-36(21)24-12-10-22(19-46)11-13-24)27-8-3-7-26(16-27)25-6-2-5-23(15-25)17-44-37(48)30-31(39)33(41)35(43)34(42)32(30)40/h2-3,5-8,10-13,15-16,21,28-29,36,38,46-47H,4,9,14,17-20H2,1H3,(H,44,48). The maximum atomic E-state index is 14.2. The third-order valence-corrected chi connectivity index (χ3v) is 9.56. The van der Waals surface area contributed by atoms with Crippen molar-refractivity contribution in [2.75, 3.05) is 19.7 Å². The van der Waals surface area contributed by atoms with Gasteiger partial charge in [-0.2, -0.15) is 0 Å². The fourth-order valence-corrected chi connectivity index (χ4v) is 6.70. The summed E-state index contributed by atoms with van der Waals surface area (Å²) in [4.78, 5) is 14.8. The minimum Gasteiger partial charge on any atom is -0.395 e. The SMILES string of the molecule is CC1C(CN2CCCC2CO)OC(c2cccc(-c3cccc(CNC(=O)c4c(F)c(F)c(F)c(F)c4F)c3)c2)OC1c1ccc(CO)cc1. The van der Waals surface area contributed by atoms with E-state index in [4.69, 9.17) is 9.47 Å². The highest BCUT2D eigenvalue weighted by Crippen LogP contribution is 2.43. The molecule has 2 aliphatic heterocycles. The van der Waals surface area contributed by atoms with Gasteiger partial charge in [-0.05, 0) is 59.3 Å². The van der Waals surface area contributed by atoms with Crippen molar-refractivity contribution in [2.24, 2.45) is 5.92 Å². The quantitative estimate of drug-likeness (QED) is 0.0970. The number of hydrogen-bond donors (Lipinski definition) is 3. The fraction of sp³-hybridized carbons (Fsp3) is 0.342. The van der Waals surface area contributed by atoms with Crippen molar-refractivity contribution in [3.8, 4) is 11.1 Å². The van der Waals surface area contributed by atoms with Gasteiger partial charge in [0.05, 0.1) is 25.4 Å². The molecule has 0 spiro atoms. The molecule has 5 unspecified atom stereocenters. The molecule has 4 aromatic carbocycles. The maximum absolute atomic E-state index is 14.2. The van der Waals surface area contributed by atoms with Crippen molar-refractivity contribution < 1.29 is 46.4 Å². The van der Waals surface area contributed by atoms with Crippen LogP contribution in [0.25, 0.3) is 11.1 Å². The Morgan fingerprint density at radius 1 is 0.820 bits per heavy atom. The minimum absolute atomic E-state index is 0.0360. The summed E-state index contributed by atoms with van der Waals surface area (Å²) >= 11 is 0. The molecule has 1 amide bonds. The molecule has 12 heteroatoms. The number of halogens is 5. The molecule has 0 radical (unpaired) electrons. The van der Waals surface area contributed by atoms with Crippen molar-refractivity contribution in [3.63, 3.8) is 0 Å². The number of ether oxygens (including phenoxy) is 2. The fourth-order valence-electron chi connectivity index (χ4n) is 6.70. The highest BCUT2D eigenvalue weighted by molar-refractivity contribution is 5.94. The lowest BCUT2D eigenvalue weighted by atomic mass is 9.89. The number of benzene rings is 4. The normalized spacial score (nSPS) is 22.5. The van der Waals surface area contributed by atoms with E-state index in [1.807, 2.05) is 54.6 Å². The van der Waals surface area contributed by atoms with Crippen LogP contribution in [0.1, 0.15) is 64.8 Å². The Kier molecular flexibility index (Phi) is 10.9. The Labute approximate surface area is 286 Å². The smallest absolute Gasteiger partial charge is 0.257 e. The van der Waals surface area contributed by atoms with Crippen LogP contribution in [0, 0.1) is 35.0 Å². The van der Waals surface area contributed by atoms with E-state index in [9.17, 15) is 37.0 Å². The predicted molar refractivity (Wildman–Crippen MR) is 174 cm³/mol. The van der Waals surface area contributed by atoms with Gasteiger partial charge in [0.25, 0.3) is 5.91 Å². The highest BCUT2D eigenvalue weighted by Gasteiger charge is 2.40. The highest BCUT2D eigenvalue weighted by atomic mass is 19.2. The Morgan fingerprint density at radius 3 is 2.16 bits per heavy atom. The van der Waals surface area contributed by atoms with Gasteiger partial charge in [-0.1, -0.05) is 67.6 Å². The first-order chi connectivity index (χ1) is 24.1. The zero-order valence-electron chi connectivity index (χ0n) is 27.2. The van der Waals surface area contributed by atoms with Crippen LogP contribution in [-0.4, -0.2) is 52.9 Å². The van der Waals surface area contributed by atoms with E-state index in [1.165, 1.54) is 0 Å². The van der Waals surface area contributed by atoms with Gasteiger partial charge in [0.1, 0.15) is 5.56 Å². The monoisotopic (exact) mass is 696 g/mol. The van der Waals surface area contributed by atoms with E-state index in [-0.39, 0.29) is 43.9 Å². The summed E-state index contributed by atoms with van der Waals surface area (Å²) in [6, 6.07) is 22.2. The van der Waals surface area contributed by atoms with Crippen LogP contribution >= 0.6 is 0 Å². The summed E-state index contributed by atoms with van der Waals surface area (Å²) in [5.41, 5.74) is 2.96. The molecule has 0 saturated carbocycles. The second-order valence-corrected chi connectivity index (χ2v) is 12.7. The third-order valence-electron chi connectivity index (χ3n) is 9.56. The first-order valence-corrected chi connectivity index (χ1v) is 16.4. The molecule has 2 aliphatic rings. The van der Waals surface area contributed by atoms with E-state index in [2.05, 4.69) is 17.1 Å². The van der Waals surface area contributed by atoms with Crippen molar-refractivity contribution >= 4 is 5.91 Å². The first-order valence-electron chi connectivity index (χ1n) is 16.4. The van der Waals surface area contributed by atoms with Crippen molar-refractivity contribution in [3.05, 3.63) is 130 Å². The van der Waals surface area contributed by atoms with Crippen molar-refractivity contribution in [1.82, 2.24) is 10.2 Å². The summed E-state index contributed by atoms with van der Waals surface area (Å²) in [7, 11) is 0. The number of nitrogens with zero attached hydrogens (tertiary/aromatic N) is 1. The van der Waals surface area contributed by atoms with E-state index in [0.29, 0.717) is 12.1 Å². The zero-order chi connectivity index (χ0) is 35.5. The summed E-state index contributed by atoms with van der Waals surface area (Å²) in [6.07, 6.45) is 0.635. The van der Waals surface area contributed by atoms with E-state index in [0.717, 1.165) is 47.2 Å². The topological polar surface area (TPSA) is 91.3 Å². The molecule has 2 fully saturated rings. The summed E-state index contributed by atoms with van der Waals surface area (Å²) in [5, 5.41) is 21.7. The van der Waals surface area contributed by atoms with Crippen LogP contribution < -0.4 is 5.32 Å². The first kappa shape index (κ1) is 35.6. The largest absolute Gasteiger partial charge is 0.395 e. The van der Waals surface area contributed by atoms with Gasteiger partial charge in [-0.15, -0.1) is 0 Å². The van der Waals surface area contributed by atoms with Gasteiger partial charge in [0.15, 0.2) is 29.6 Å². The molecular weight excluding hydrogens is 659 g/mol. The number of nitrogens with one attached hydrogen (secondary N) is 1. The van der Waals surface area contributed by atoms with Gasteiger partial charge in [0, 0.05) is 30.6 Å². The number of likely N-dealkylation sites (tertiary alicyclic amines) is 1. The molecule has 7 nitrogen and oxygen atoms in total. The van der Waals surface area contributed by atoms with Gasteiger partial charge in [-0.3, -0.25) is 9.69 Å². The molecule has 6 rings (SSSR count). The Balaban J connectivity index is 1.23. The van der Waals surface area contributed by atoms with Gasteiger partial charge in [0.2, 0.25) is 5.82 Å². The molecule has 2 saturated heterocycles. The maximum Gasteiger partial charge on any atom is 0.257 e. The van der Waals surface area contributed by atoms with Crippen LogP contribution in [0.3, 0.4) is 0 Å². The summed E-state index contributed by atoms with van der Waals surface area (Å²) in [6.45, 7) is 3.33. The molecule has 0 aliphatic carbocycles. The molecule has 50 heavy (non-hydrogen) atoms. The van der Waals surface area contributed by atoms with Gasteiger partial charge in [-0.25, -0.2) is 22.0 Å². The average molecular weight is 697 g/mol. The van der Waals surface area contributed by atoms with Crippen molar-refractivity contribution in [1.29, 1.82) is 0 Å². The van der Waals surface area contributed by atoms with Gasteiger partial charge >= 0.3 is 0 Å². The molecule has 264 valence electrons. The number of carbonyl (C=O) groups excluding carboxylic acids is 1. The second-order valence-electron chi connectivity index (χ2n) is 12.7. The molecule has 2 heterocycles. The summed E-state index contributed by atoms with van der Waals surface area (Å²) in [5.74, 6) is -12.6. The second kappa shape index (κ2) is 15.4. The van der Waals surface area contributed by atoms with E-state index < -0.39 is 46.8 Å². The predicted octanol–water partition coefficient (Wildman–Crippen LogP) is 6.72. The number of aliphatic hydroxyl groups excluding tert-OH is 2. The van der Waals surface area contributed by atoms with Crippen molar-refractivity contribution in [2.45, 2.75) is 57.5 Å². The summed E-state index contributed by atoms with van der Waals surface area (Å²) < 4.78 is 82.3. The molecule has 4 aromatic rings. The van der Waals surface area contributed by atoms with Crippen LogP contribution in [-0.2, 0) is 22.6 Å². The van der Waals surface area contributed by atoms with Gasteiger partial charge < -0.3 is 25.0 Å². The van der Waals surface area contributed by atoms with E-state index >= 15 is 0 Å². The lowest BCUT2D eigenvalue weighted by Crippen LogP contribution is -2.46. The van der Waals surface area contributed by atoms with E-state index in [1.54, 1.807) is 18.2 Å². The lowest BCUT2D eigenvalue weighted by Gasteiger charge is -2.43. The minimum atomic E-state index is -2.34. The Hall–Kier alpha value is -4.20.